The number of carbonyl (C=O) groups excluding carboxylic acids is 1. The Hall–Kier alpha value is -1.80. The van der Waals surface area contributed by atoms with E-state index < -0.39 is 16.2 Å². The Balaban J connectivity index is 1.96. The first kappa shape index (κ1) is 14.6. The van der Waals surface area contributed by atoms with Crippen LogP contribution >= 0.6 is 0 Å². The molecule has 0 spiro atoms. The van der Waals surface area contributed by atoms with E-state index in [0.717, 1.165) is 12.8 Å². The van der Waals surface area contributed by atoms with Crippen LogP contribution in [0.5, 0.6) is 5.75 Å². The third kappa shape index (κ3) is 4.71. The predicted octanol–water partition coefficient (Wildman–Crippen LogP) is 0.647. The van der Waals surface area contributed by atoms with Crippen LogP contribution in [-0.2, 0) is 19.7 Å². The minimum Gasteiger partial charge on any atom is -0.482 e. The number of methoxy groups -OCH3 is 1. The highest BCUT2D eigenvalue weighted by Crippen LogP contribution is 2.22. The first-order chi connectivity index (χ1) is 9.48. The van der Waals surface area contributed by atoms with Gasteiger partial charge in [-0.1, -0.05) is 6.07 Å². The van der Waals surface area contributed by atoms with E-state index in [9.17, 15) is 13.2 Å². The number of rotatable bonds is 7. The number of anilines is 1. The van der Waals surface area contributed by atoms with Gasteiger partial charge < -0.3 is 9.47 Å². The predicted molar refractivity (Wildman–Crippen MR) is 72.7 cm³/mol. The van der Waals surface area contributed by atoms with Crippen LogP contribution in [0.15, 0.2) is 24.3 Å². The van der Waals surface area contributed by atoms with Crippen molar-refractivity contribution < 1.29 is 22.7 Å². The largest absolute Gasteiger partial charge is 0.482 e. The molecule has 2 N–H and O–H groups in total. The number of hydrogen-bond donors (Lipinski definition) is 2. The smallest absolute Gasteiger partial charge is 0.343 e. The molecular formula is C12H16N2O5S. The molecule has 1 aliphatic carbocycles. The van der Waals surface area contributed by atoms with Gasteiger partial charge in [0, 0.05) is 12.1 Å². The molecule has 0 aliphatic heterocycles. The van der Waals surface area contributed by atoms with Crippen molar-refractivity contribution in [1.82, 2.24) is 4.72 Å². The van der Waals surface area contributed by atoms with Crippen molar-refractivity contribution in [3.63, 3.8) is 0 Å². The zero-order valence-corrected chi connectivity index (χ0v) is 11.8. The maximum Gasteiger partial charge on any atom is 0.343 e. The Kier molecular flexibility index (Phi) is 4.46. The second-order valence-electron chi connectivity index (χ2n) is 4.39. The zero-order chi connectivity index (χ0) is 14.6. The van der Waals surface area contributed by atoms with Crippen molar-refractivity contribution in [2.75, 3.05) is 18.4 Å². The standard InChI is InChI=1S/C12H16N2O5S/c1-18-12(15)8-19-11-4-2-3-10(7-11)14-20(16,17)13-9-5-6-9/h2-4,7,9,13-14H,5-6,8H2,1H3. The van der Waals surface area contributed by atoms with Crippen molar-refractivity contribution in [3.8, 4) is 5.75 Å². The third-order valence-electron chi connectivity index (χ3n) is 2.57. The van der Waals surface area contributed by atoms with E-state index in [1.165, 1.54) is 13.2 Å². The summed E-state index contributed by atoms with van der Waals surface area (Å²) >= 11 is 0. The lowest BCUT2D eigenvalue weighted by Gasteiger charge is -2.10. The molecule has 110 valence electrons. The summed E-state index contributed by atoms with van der Waals surface area (Å²) in [5.74, 6) is -0.131. The van der Waals surface area contributed by atoms with Crippen LogP contribution in [0.25, 0.3) is 0 Å². The van der Waals surface area contributed by atoms with Crippen molar-refractivity contribution in [2.24, 2.45) is 0 Å². The number of benzene rings is 1. The summed E-state index contributed by atoms with van der Waals surface area (Å²) in [6.45, 7) is -0.229. The summed E-state index contributed by atoms with van der Waals surface area (Å²) in [5.41, 5.74) is 0.362. The van der Waals surface area contributed by atoms with Crippen LogP contribution < -0.4 is 14.2 Å². The van der Waals surface area contributed by atoms with Crippen LogP contribution in [0.3, 0.4) is 0 Å². The number of ether oxygens (including phenoxy) is 2. The van der Waals surface area contributed by atoms with Gasteiger partial charge in [-0.25, -0.2) is 4.79 Å². The Bertz CT molecular complexity index is 583. The molecule has 1 fully saturated rings. The average molecular weight is 300 g/mol. The highest BCUT2D eigenvalue weighted by Gasteiger charge is 2.26. The van der Waals surface area contributed by atoms with Gasteiger partial charge in [0.2, 0.25) is 0 Å². The SMILES string of the molecule is COC(=O)COc1cccc(NS(=O)(=O)NC2CC2)c1. The molecule has 0 saturated heterocycles. The molecule has 1 saturated carbocycles. The molecular weight excluding hydrogens is 284 g/mol. The zero-order valence-electron chi connectivity index (χ0n) is 11.0. The highest BCUT2D eigenvalue weighted by atomic mass is 32.2. The third-order valence-corrected chi connectivity index (χ3v) is 3.72. The molecule has 20 heavy (non-hydrogen) atoms. The second kappa shape index (κ2) is 6.10. The molecule has 2 rings (SSSR count). The summed E-state index contributed by atoms with van der Waals surface area (Å²) < 4.78 is 38.0. The summed E-state index contributed by atoms with van der Waals surface area (Å²) in [6.07, 6.45) is 1.73. The van der Waals surface area contributed by atoms with Gasteiger partial charge in [0.1, 0.15) is 5.75 Å². The summed E-state index contributed by atoms with van der Waals surface area (Å²) in [4.78, 5) is 11.0. The molecule has 8 heteroatoms. The van der Waals surface area contributed by atoms with Crippen molar-refractivity contribution in [2.45, 2.75) is 18.9 Å². The van der Waals surface area contributed by atoms with Gasteiger partial charge in [-0.15, -0.1) is 0 Å². The molecule has 1 aromatic rings. The molecule has 0 heterocycles. The molecule has 0 atom stereocenters. The molecule has 7 nitrogen and oxygen atoms in total. The average Bonchev–Trinajstić information content (AvgIpc) is 3.18. The van der Waals surface area contributed by atoms with Crippen LogP contribution in [0.1, 0.15) is 12.8 Å². The van der Waals surface area contributed by atoms with E-state index in [0.29, 0.717) is 11.4 Å². The van der Waals surface area contributed by atoms with Crippen LogP contribution in [0, 0.1) is 0 Å². The van der Waals surface area contributed by atoms with Crippen LogP contribution in [0.4, 0.5) is 5.69 Å². The fourth-order valence-electron chi connectivity index (χ4n) is 1.46. The number of hydrogen-bond acceptors (Lipinski definition) is 5. The lowest BCUT2D eigenvalue weighted by Crippen LogP contribution is -2.31. The normalized spacial score (nSPS) is 14.7. The minimum atomic E-state index is -3.57. The van der Waals surface area contributed by atoms with Gasteiger partial charge >= 0.3 is 5.97 Å². The maximum atomic E-state index is 11.7. The second-order valence-corrected chi connectivity index (χ2v) is 5.84. The van der Waals surface area contributed by atoms with E-state index in [1.807, 2.05) is 0 Å². The number of esters is 1. The quantitative estimate of drug-likeness (QED) is 0.721. The van der Waals surface area contributed by atoms with Gasteiger partial charge in [0.15, 0.2) is 6.61 Å². The van der Waals surface area contributed by atoms with Crippen molar-refractivity contribution in [3.05, 3.63) is 24.3 Å². The Labute approximate surface area is 117 Å². The van der Waals surface area contributed by atoms with Gasteiger partial charge in [-0.05, 0) is 25.0 Å². The lowest BCUT2D eigenvalue weighted by molar-refractivity contribution is -0.142. The van der Waals surface area contributed by atoms with E-state index in [1.54, 1.807) is 18.2 Å². The number of nitrogens with one attached hydrogen (secondary N) is 2. The summed E-state index contributed by atoms with van der Waals surface area (Å²) in [7, 11) is -2.31. The van der Waals surface area contributed by atoms with Crippen LogP contribution in [-0.4, -0.2) is 34.1 Å². The lowest BCUT2D eigenvalue weighted by atomic mass is 10.3. The molecule has 0 amide bonds. The van der Waals surface area contributed by atoms with Crippen molar-refractivity contribution in [1.29, 1.82) is 0 Å². The molecule has 1 aliphatic rings. The van der Waals surface area contributed by atoms with E-state index in [-0.39, 0.29) is 12.6 Å². The first-order valence-electron chi connectivity index (χ1n) is 6.08. The van der Waals surface area contributed by atoms with Gasteiger partial charge in [-0.2, -0.15) is 13.1 Å². The van der Waals surface area contributed by atoms with Gasteiger partial charge in [0.25, 0.3) is 10.2 Å². The first-order valence-corrected chi connectivity index (χ1v) is 7.56. The van der Waals surface area contributed by atoms with Gasteiger partial charge in [0.05, 0.1) is 12.8 Å². The highest BCUT2D eigenvalue weighted by molar-refractivity contribution is 7.90. The minimum absolute atomic E-state index is 0.0336. The molecule has 0 radical (unpaired) electrons. The fraction of sp³-hybridized carbons (Fsp3) is 0.417. The molecule has 0 bridgehead atoms. The topological polar surface area (TPSA) is 93.7 Å². The summed E-state index contributed by atoms with van der Waals surface area (Å²) in [5, 5.41) is 0. The van der Waals surface area contributed by atoms with Crippen LogP contribution in [0.2, 0.25) is 0 Å². The maximum absolute atomic E-state index is 11.7. The van der Waals surface area contributed by atoms with E-state index in [2.05, 4.69) is 14.2 Å². The van der Waals surface area contributed by atoms with E-state index in [4.69, 9.17) is 4.74 Å². The fourth-order valence-corrected chi connectivity index (χ4v) is 2.63. The number of carbonyl (C=O) groups is 1. The monoisotopic (exact) mass is 300 g/mol. The molecule has 1 aromatic carbocycles. The van der Waals surface area contributed by atoms with Crippen molar-refractivity contribution >= 4 is 21.9 Å². The molecule has 0 unspecified atom stereocenters. The molecule has 0 aromatic heterocycles. The Morgan fingerprint density at radius 3 is 2.80 bits per heavy atom. The van der Waals surface area contributed by atoms with E-state index >= 15 is 0 Å². The van der Waals surface area contributed by atoms with Gasteiger partial charge in [-0.3, -0.25) is 4.72 Å². The summed E-state index contributed by atoms with van der Waals surface area (Å²) in [6, 6.07) is 6.37. The Morgan fingerprint density at radius 1 is 1.40 bits per heavy atom. The Morgan fingerprint density at radius 2 is 2.15 bits per heavy atom.